The SMILES string of the molecule is O=C(O)CCN(c1ccc(Br)cc1Cl)S(=O)(=O)c1ccccc1[N+](=O)[O-]. The predicted molar refractivity (Wildman–Crippen MR) is 99.0 cm³/mol. The van der Waals surface area contributed by atoms with Crippen LogP contribution in [0.4, 0.5) is 11.4 Å². The number of anilines is 1. The fraction of sp³-hybridized carbons (Fsp3) is 0.133. The molecule has 0 spiro atoms. The Hall–Kier alpha value is -2.17. The largest absolute Gasteiger partial charge is 0.481 e. The van der Waals surface area contributed by atoms with E-state index in [9.17, 15) is 23.3 Å². The smallest absolute Gasteiger partial charge is 0.305 e. The summed E-state index contributed by atoms with van der Waals surface area (Å²) in [7, 11) is -4.43. The Kier molecular flexibility index (Phi) is 6.21. The van der Waals surface area contributed by atoms with E-state index in [1.54, 1.807) is 0 Å². The summed E-state index contributed by atoms with van der Waals surface area (Å²) in [6, 6.07) is 9.20. The van der Waals surface area contributed by atoms with Crippen molar-refractivity contribution in [1.82, 2.24) is 0 Å². The third kappa shape index (κ3) is 4.32. The number of benzene rings is 2. The predicted octanol–water partition coefficient (Wildman–Crippen LogP) is 3.68. The lowest BCUT2D eigenvalue weighted by atomic mass is 10.3. The van der Waals surface area contributed by atoms with Gasteiger partial charge in [-0.1, -0.05) is 39.7 Å². The van der Waals surface area contributed by atoms with Crippen LogP contribution in [0.15, 0.2) is 51.8 Å². The maximum absolute atomic E-state index is 13.1. The van der Waals surface area contributed by atoms with Gasteiger partial charge in [0.2, 0.25) is 0 Å². The number of sulfonamides is 1. The molecule has 0 radical (unpaired) electrons. The zero-order valence-corrected chi connectivity index (χ0v) is 16.2. The summed E-state index contributed by atoms with van der Waals surface area (Å²) in [4.78, 5) is 20.8. The van der Waals surface area contributed by atoms with Crippen LogP contribution in [0, 0.1) is 10.1 Å². The van der Waals surface area contributed by atoms with Gasteiger partial charge >= 0.3 is 5.97 Å². The van der Waals surface area contributed by atoms with E-state index in [1.165, 1.54) is 30.3 Å². The van der Waals surface area contributed by atoms with Gasteiger partial charge in [0, 0.05) is 17.1 Å². The van der Waals surface area contributed by atoms with Gasteiger partial charge in [0.05, 0.1) is 22.1 Å². The number of para-hydroxylation sites is 1. The Morgan fingerprint density at radius 1 is 1.27 bits per heavy atom. The van der Waals surface area contributed by atoms with Crippen molar-refractivity contribution >= 4 is 54.9 Å². The first kappa shape index (κ1) is 20.1. The first-order chi connectivity index (χ1) is 12.1. The van der Waals surface area contributed by atoms with Crippen molar-refractivity contribution in [3.8, 4) is 0 Å². The molecule has 138 valence electrons. The lowest BCUT2D eigenvalue weighted by molar-refractivity contribution is -0.387. The Morgan fingerprint density at radius 3 is 2.50 bits per heavy atom. The maximum atomic E-state index is 13.1. The minimum Gasteiger partial charge on any atom is -0.481 e. The van der Waals surface area contributed by atoms with Crippen molar-refractivity contribution < 1.29 is 23.2 Å². The van der Waals surface area contributed by atoms with E-state index in [1.807, 2.05) is 0 Å². The number of carboxylic acid groups (broad SMARTS) is 1. The Balaban J connectivity index is 2.64. The molecular weight excluding hydrogens is 452 g/mol. The number of halogens is 2. The quantitative estimate of drug-likeness (QED) is 0.494. The maximum Gasteiger partial charge on any atom is 0.305 e. The van der Waals surface area contributed by atoms with Crippen molar-refractivity contribution in [2.75, 3.05) is 10.8 Å². The summed E-state index contributed by atoms with van der Waals surface area (Å²) in [5.41, 5.74) is -0.588. The Labute approximate surface area is 162 Å². The second kappa shape index (κ2) is 8.02. The minimum atomic E-state index is -4.43. The summed E-state index contributed by atoms with van der Waals surface area (Å²) >= 11 is 9.32. The van der Waals surface area contributed by atoms with E-state index >= 15 is 0 Å². The van der Waals surface area contributed by atoms with Crippen molar-refractivity contribution in [1.29, 1.82) is 0 Å². The molecule has 0 aromatic heterocycles. The zero-order valence-electron chi connectivity index (χ0n) is 13.0. The van der Waals surface area contributed by atoms with Crippen LogP contribution in [0.1, 0.15) is 6.42 Å². The fourth-order valence-corrected chi connectivity index (χ4v) is 4.67. The van der Waals surface area contributed by atoms with Crippen molar-refractivity contribution in [2.45, 2.75) is 11.3 Å². The summed E-state index contributed by atoms with van der Waals surface area (Å²) in [6.07, 6.45) is -0.508. The van der Waals surface area contributed by atoms with E-state index < -0.39 is 44.5 Å². The van der Waals surface area contributed by atoms with E-state index in [2.05, 4.69) is 15.9 Å². The number of carboxylic acids is 1. The van der Waals surface area contributed by atoms with Crippen molar-refractivity contribution in [2.24, 2.45) is 0 Å². The molecule has 0 aliphatic carbocycles. The lowest BCUT2D eigenvalue weighted by Gasteiger charge is -2.24. The molecule has 0 atom stereocenters. The molecule has 0 amide bonds. The van der Waals surface area contributed by atoms with Gasteiger partial charge in [-0.25, -0.2) is 8.42 Å². The van der Waals surface area contributed by atoms with Crippen LogP contribution in [0.2, 0.25) is 5.02 Å². The van der Waals surface area contributed by atoms with Gasteiger partial charge in [-0.15, -0.1) is 0 Å². The molecule has 26 heavy (non-hydrogen) atoms. The number of nitro groups is 1. The van der Waals surface area contributed by atoms with E-state index in [-0.39, 0.29) is 10.7 Å². The van der Waals surface area contributed by atoms with Gasteiger partial charge in [-0.2, -0.15) is 0 Å². The van der Waals surface area contributed by atoms with Crippen LogP contribution >= 0.6 is 27.5 Å². The molecule has 0 bridgehead atoms. The second-order valence-electron chi connectivity index (χ2n) is 5.04. The molecule has 0 fully saturated rings. The molecule has 0 heterocycles. The third-order valence-corrected chi connectivity index (χ3v) is 5.99. The topological polar surface area (TPSA) is 118 Å². The van der Waals surface area contributed by atoms with Gasteiger partial charge in [0.1, 0.15) is 0 Å². The molecule has 1 N–H and O–H groups in total. The van der Waals surface area contributed by atoms with Crippen LogP contribution in [-0.4, -0.2) is 31.0 Å². The average molecular weight is 464 g/mol. The number of nitro benzene ring substituents is 1. The highest BCUT2D eigenvalue weighted by molar-refractivity contribution is 9.10. The third-order valence-electron chi connectivity index (χ3n) is 3.34. The summed E-state index contributed by atoms with van der Waals surface area (Å²) < 4.78 is 27.5. The number of hydrogen-bond donors (Lipinski definition) is 1. The highest BCUT2D eigenvalue weighted by Crippen LogP contribution is 2.35. The van der Waals surface area contributed by atoms with Crippen LogP contribution in [-0.2, 0) is 14.8 Å². The van der Waals surface area contributed by atoms with Gasteiger partial charge in [0.15, 0.2) is 4.90 Å². The van der Waals surface area contributed by atoms with Gasteiger partial charge < -0.3 is 5.11 Å². The molecule has 11 heteroatoms. The van der Waals surface area contributed by atoms with Crippen LogP contribution in [0.5, 0.6) is 0 Å². The first-order valence-electron chi connectivity index (χ1n) is 7.07. The number of hydrogen-bond acceptors (Lipinski definition) is 5. The highest BCUT2D eigenvalue weighted by atomic mass is 79.9. The molecule has 2 aromatic rings. The Morgan fingerprint density at radius 2 is 1.92 bits per heavy atom. The zero-order chi connectivity index (χ0) is 19.5. The standard InChI is InChI=1S/C15H12BrClN2O6S/c16-10-5-6-12(11(17)9-10)18(8-7-15(20)21)26(24,25)14-4-2-1-3-13(14)19(22)23/h1-6,9H,7-8H2,(H,20,21). The van der Waals surface area contributed by atoms with Crippen LogP contribution < -0.4 is 4.31 Å². The van der Waals surface area contributed by atoms with E-state index in [0.717, 1.165) is 16.4 Å². The fourth-order valence-electron chi connectivity index (χ4n) is 2.20. The van der Waals surface area contributed by atoms with Crippen LogP contribution in [0.25, 0.3) is 0 Å². The molecular formula is C15H12BrClN2O6S. The molecule has 0 unspecified atom stereocenters. The molecule has 0 saturated heterocycles. The van der Waals surface area contributed by atoms with Crippen molar-refractivity contribution in [3.63, 3.8) is 0 Å². The lowest BCUT2D eigenvalue weighted by Crippen LogP contribution is -2.33. The minimum absolute atomic E-state index is 0.0225. The normalized spacial score (nSPS) is 11.2. The molecule has 0 aliphatic rings. The molecule has 0 saturated carbocycles. The average Bonchev–Trinajstić information content (AvgIpc) is 2.56. The van der Waals surface area contributed by atoms with Gasteiger partial charge in [-0.05, 0) is 24.3 Å². The van der Waals surface area contributed by atoms with Gasteiger partial charge in [-0.3, -0.25) is 19.2 Å². The van der Waals surface area contributed by atoms with E-state index in [0.29, 0.717) is 4.47 Å². The summed E-state index contributed by atoms with van der Waals surface area (Å²) in [5, 5.41) is 20.2. The molecule has 2 aromatic carbocycles. The van der Waals surface area contributed by atoms with Gasteiger partial charge in [0.25, 0.3) is 15.7 Å². The molecule has 8 nitrogen and oxygen atoms in total. The monoisotopic (exact) mass is 462 g/mol. The van der Waals surface area contributed by atoms with Crippen LogP contribution in [0.3, 0.4) is 0 Å². The van der Waals surface area contributed by atoms with E-state index in [4.69, 9.17) is 16.7 Å². The number of carbonyl (C=O) groups is 1. The molecule has 0 aliphatic heterocycles. The number of aliphatic carboxylic acids is 1. The highest BCUT2D eigenvalue weighted by Gasteiger charge is 2.33. The first-order valence-corrected chi connectivity index (χ1v) is 9.68. The summed E-state index contributed by atoms with van der Waals surface area (Å²) in [6.45, 7) is -0.439. The second-order valence-corrected chi connectivity index (χ2v) is 8.20. The Bertz CT molecular complexity index is 966. The number of nitrogens with zero attached hydrogens (tertiary/aromatic N) is 2. The number of rotatable bonds is 7. The molecule has 2 rings (SSSR count). The van der Waals surface area contributed by atoms with Crippen molar-refractivity contribution in [3.05, 3.63) is 62.1 Å². The summed E-state index contributed by atoms with van der Waals surface area (Å²) in [5.74, 6) is -1.22.